The Balaban J connectivity index is 2.04. The molecule has 1 aliphatic heterocycles. The summed E-state index contributed by atoms with van der Waals surface area (Å²) in [6, 6.07) is 0.337. The number of aliphatic hydroxyl groups is 1. The molecule has 2 unspecified atom stereocenters. The van der Waals surface area contributed by atoms with Crippen LogP contribution in [0, 0.1) is 5.92 Å². The highest BCUT2D eigenvalue weighted by molar-refractivity contribution is 5.84. The maximum Gasteiger partial charge on any atom is 0.241 e. The minimum atomic E-state index is -0.161. The Morgan fingerprint density at radius 3 is 2.52 bits per heavy atom. The van der Waals surface area contributed by atoms with E-state index in [1.165, 1.54) is 0 Å². The molecule has 1 amide bonds. The number of carbonyl (C=O) groups is 1. The standard InChI is InChI=1S/C17H32N2O2/c1-4-5-6-15-17(21)19(16(18-15)11-12(2)3)13-7-9-14(20)10-8-13/h12-16,18,20H,4-11H2,1-3H3. The fraction of sp³-hybridized carbons (Fsp3) is 0.941. The first-order valence-electron chi connectivity index (χ1n) is 8.79. The Morgan fingerprint density at radius 1 is 1.29 bits per heavy atom. The van der Waals surface area contributed by atoms with Gasteiger partial charge in [-0.1, -0.05) is 33.6 Å². The quantitative estimate of drug-likeness (QED) is 0.792. The van der Waals surface area contributed by atoms with Gasteiger partial charge in [-0.3, -0.25) is 10.1 Å². The van der Waals surface area contributed by atoms with E-state index in [4.69, 9.17) is 0 Å². The lowest BCUT2D eigenvalue weighted by Gasteiger charge is -2.37. The molecule has 0 aromatic rings. The summed E-state index contributed by atoms with van der Waals surface area (Å²) in [5.74, 6) is 0.882. The topological polar surface area (TPSA) is 52.6 Å². The van der Waals surface area contributed by atoms with Crippen LogP contribution in [0.1, 0.15) is 72.1 Å². The molecule has 1 aliphatic carbocycles. The van der Waals surface area contributed by atoms with Crippen LogP contribution in [-0.2, 0) is 4.79 Å². The van der Waals surface area contributed by atoms with Gasteiger partial charge in [0.05, 0.1) is 18.3 Å². The van der Waals surface area contributed by atoms with E-state index >= 15 is 0 Å². The normalized spacial score (nSPS) is 34.0. The van der Waals surface area contributed by atoms with Crippen LogP contribution in [0.25, 0.3) is 0 Å². The first-order chi connectivity index (χ1) is 10.0. The van der Waals surface area contributed by atoms with Gasteiger partial charge >= 0.3 is 0 Å². The summed E-state index contributed by atoms with van der Waals surface area (Å²) in [4.78, 5) is 14.9. The molecule has 0 bridgehead atoms. The van der Waals surface area contributed by atoms with E-state index in [0.717, 1.165) is 51.4 Å². The predicted molar refractivity (Wildman–Crippen MR) is 84.8 cm³/mol. The van der Waals surface area contributed by atoms with Gasteiger partial charge in [-0.05, 0) is 44.4 Å². The number of carbonyl (C=O) groups excluding carboxylic acids is 1. The first kappa shape index (κ1) is 16.8. The number of nitrogens with one attached hydrogen (secondary N) is 1. The third-order valence-corrected chi connectivity index (χ3v) is 4.88. The van der Waals surface area contributed by atoms with Crippen molar-refractivity contribution < 1.29 is 9.90 Å². The molecule has 0 radical (unpaired) electrons. The van der Waals surface area contributed by atoms with Crippen LogP contribution in [0.15, 0.2) is 0 Å². The van der Waals surface area contributed by atoms with Crippen LogP contribution in [-0.4, -0.2) is 40.3 Å². The SMILES string of the molecule is CCCCC1NC(CC(C)C)N(C2CCC(O)CC2)C1=O. The summed E-state index contributed by atoms with van der Waals surface area (Å²) in [6.45, 7) is 6.61. The van der Waals surface area contributed by atoms with Crippen molar-refractivity contribution in [2.45, 2.75) is 96.5 Å². The largest absolute Gasteiger partial charge is 0.393 e. The van der Waals surface area contributed by atoms with Gasteiger partial charge in [0, 0.05) is 6.04 Å². The van der Waals surface area contributed by atoms with E-state index < -0.39 is 0 Å². The first-order valence-corrected chi connectivity index (χ1v) is 8.79. The molecule has 21 heavy (non-hydrogen) atoms. The minimum Gasteiger partial charge on any atom is -0.393 e. The minimum absolute atomic E-state index is 0.0144. The lowest BCUT2D eigenvalue weighted by molar-refractivity contribution is -0.133. The van der Waals surface area contributed by atoms with Gasteiger partial charge in [0.2, 0.25) is 5.91 Å². The second kappa shape index (κ2) is 7.59. The fourth-order valence-electron chi connectivity index (χ4n) is 3.73. The molecule has 1 saturated carbocycles. The average molecular weight is 296 g/mol. The number of hydrogen-bond acceptors (Lipinski definition) is 3. The Labute approximate surface area is 129 Å². The zero-order valence-electron chi connectivity index (χ0n) is 13.8. The maximum atomic E-state index is 12.8. The molecule has 0 spiro atoms. The van der Waals surface area contributed by atoms with Gasteiger partial charge in [-0.15, -0.1) is 0 Å². The Morgan fingerprint density at radius 2 is 1.95 bits per heavy atom. The van der Waals surface area contributed by atoms with Crippen LogP contribution < -0.4 is 5.32 Å². The van der Waals surface area contributed by atoms with Gasteiger partial charge in [0.25, 0.3) is 0 Å². The zero-order chi connectivity index (χ0) is 15.4. The Kier molecular flexibility index (Phi) is 6.06. The van der Waals surface area contributed by atoms with E-state index in [1.54, 1.807) is 0 Å². The summed E-state index contributed by atoms with van der Waals surface area (Å²) in [5.41, 5.74) is 0. The molecule has 2 fully saturated rings. The van der Waals surface area contributed by atoms with Crippen molar-refractivity contribution in [1.82, 2.24) is 10.2 Å². The predicted octanol–water partition coefficient (Wildman–Crippen LogP) is 2.65. The van der Waals surface area contributed by atoms with Crippen LogP contribution in [0.2, 0.25) is 0 Å². The molecule has 2 N–H and O–H groups in total. The number of nitrogens with zero attached hydrogens (tertiary/aromatic N) is 1. The van der Waals surface area contributed by atoms with Crippen LogP contribution in [0.5, 0.6) is 0 Å². The third kappa shape index (κ3) is 4.19. The van der Waals surface area contributed by atoms with Crippen molar-refractivity contribution in [2.75, 3.05) is 0 Å². The molecule has 122 valence electrons. The highest BCUT2D eigenvalue weighted by atomic mass is 16.3. The molecule has 2 aliphatic rings. The van der Waals surface area contributed by atoms with Gasteiger partial charge in [-0.25, -0.2) is 0 Å². The van der Waals surface area contributed by atoms with Crippen molar-refractivity contribution in [3.8, 4) is 0 Å². The number of aliphatic hydroxyl groups excluding tert-OH is 1. The van der Waals surface area contributed by atoms with E-state index in [0.29, 0.717) is 17.9 Å². The summed E-state index contributed by atoms with van der Waals surface area (Å²) in [7, 11) is 0. The third-order valence-electron chi connectivity index (χ3n) is 4.88. The summed E-state index contributed by atoms with van der Waals surface area (Å²) < 4.78 is 0. The number of hydrogen-bond donors (Lipinski definition) is 2. The Bertz CT molecular complexity index is 338. The second-order valence-electron chi connectivity index (χ2n) is 7.21. The number of unbranched alkanes of at least 4 members (excludes halogenated alkanes) is 1. The lowest BCUT2D eigenvalue weighted by atomic mass is 9.91. The van der Waals surface area contributed by atoms with Crippen molar-refractivity contribution in [3.63, 3.8) is 0 Å². The van der Waals surface area contributed by atoms with E-state index in [1.807, 2.05) is 0 Å². The van der Waals surface area contributed by atoms with Gasteiger partial charge in [-0.2, -0.15) is 0 Å². The molecule has 0 aromatic carbocycles. The van der Waals surface area contributed by atoms with Crippen LogP contribution >= 0.6 is 0 Å². The number of amides is 1. The van der Waals surface area contributed by atoms with Crippen molar-refractivity contribution >= 4 is 5.91 Å². The highest BCUT2D eigenvalue weighted by Crippen LogP contribution is 2.30. The van der Waals surface area contributed by atoms with Gasteiger partial charge in [0.15, 0.2) is 0 Å². The molecule has 1 heterocycles. The molecule has 0 aromatic heterocycles. The molecule has 2 atom stereocenters. The van der Waals surface area contributed by atoms with Crippen molar-refractivity contribution in [1.29, 1.82) is 0 Å². The zero-order valence-corrected chi connectivity index (χ0v) is 13.8. The molecular weight excluding hydrogens is 264 g/mol. The molecule has 4 nitrogen and oxygen atoms in total. The summed E-state index contributed by atoms with van der Waals surface area (Å²) in [6.07, 6.45) is 7.82. The van der Waals surface area contributed by atoms with E-state index in [9.17, 15) is 9.90 Å². The summed E-state index contributed by atoms with van der Waals surface area (Å²) in [5, 5.41) is 13.3. The molecular formula is C17H32N2O2. The van der Waals surface area contributed by atoms with Crippen LogP contribution in [0.4, 0.5) is 0 Å². The molecule has 1 saturated heterocycles. The number of rotatable bonds is 6. The van der Waals surface area contributed by atoms with Gasteiger partial charge < -0.3 is 10.0 Å². The maximum absolute atomic E-state index is 12.8. The molecule has 2 rings (SSSR count). The Hall–Kier alpha value is -0.610. The smallest absolute Gasteiger partial charge is 0.241 e. The average Bonchev–Trinajstić information content (AvgIpc) is 2.73. The monoisotopic (exact) mass is 296 g/mol. The van der Waals surface area contributed by atoms with E-state index in [2.05, 4.69) is 31.0 Å². The van der Waals surface area contributed by atoms with Crippen LogP contribution in [0.3, 0.4) is 0 Å². The molecule has 4 heteroatoms. The fourth-order valence-corrected chi connectivity index (χ4v) is 3.73. The van der Waals surface area contributed by atoms with Crippen molar-refractivity contribution in [2.24, 2.45) is 5.92 Å². The van der Waals surface area contributed by atoms with Gasteiger partial charge in [0.1, 0.15) is 0 Å². The summed E-state index contributed by atoms with van der Waals surface area (Å²) >= 11 is 0. The highest BCUT2D eigenvalue weighted by Gasteiger charge is 2.42. The lowest BCUT2D eigenvalue weighted by Crippen LogP contribution is -2.47. The van der Waals surface area contributed by atoms with E-state index in [-0.39, 0.29) is 18.3 Å². The second-order valence-corrected chi connectivity index (χ2v) is 7.21. The van der Waals surface area contributed by atoms with Crippen molar-refractivity contribution in [3.05, 3.63) is 0 Å².